The zero-order valence-electron chi connectivity index (χ0n) is 12.4. The lowest BCUT2D eigenvalue weighted by atomic mass is 10.3. The largest absolute Gasteiger partial charge is 0.463 e. The Balaban J connectivity index is 1.76. The van der Waals surface area contributed by atoms with Gasteiger partial charge in [0.1, 0.15) is 11.5 Å². The van der Waals surface area contributed by atoms with Crippen LogP contribution in [0.5, 0.6) is 0 Å². The number of esters is 1. The first-order chi connectivity index (χ1) is 11.5. The molecule has 0 spiro atoms. The predicted molar refractivity (Wildman–Crippen MR) is 86.4 cm³/mol. The summed E-state index contributed by atoms with van der Waals surface area (Å²) in [5, 5.41) is 2.50. The number of thiophene rings is 1. The number of nitrogens with zero attached hydrogens (tertiary/aromatic N) is 1. The fourth-order valence-corrected chi connectivity index (χ4v) is 3.10. The van der Waals surface area contributed by atoms with E-state index in [1.54, 1.807) is 18.2 Å². The summed E-state index contributed by atoms with van der Waals surface area (Å²) in [7, 11) is 1.23. The molecule has 7 nitrogen and oxygen atoms in total. The van der Waals surface area contributed by atoms with Gasteiger partial charge in [0, 0.05) is 4.88 Å². The molecule has 3 heterocycles. The topological polar surface area (TPSA) is 88.9 Å². The second kappa shape index (κ2) is 6.50. The molecule has 1 aliphatic heterocycles. The van der Waals surface area contributed by atoms with Crippen LogP contribution in [0.3, 0.4) is 0 Å². The van der Waals surface area contributed by atoms with Crippen LogP contribution in [0, 0.1) is 0 Å². The maximum absolute atomic E-state index is 12.3. The molecule has 0 atom stereocenters. The minimum atomic E-state index is -0.631. The summed E-state index contributed by atoms with van der Waals surface area (Å²) in [5.74, 6) is -0.822. The highest BCUT2D eigenvalue weighted by Crippen LogP contribution is 2.25. The number of carbonyl (C=O) groups excluding carboxylic acids is 3. The summed E-state index contributed by atoms with van der Waals surface area (Å²) in [5.41, 5.74) is 0.151. The van der Waals surface area contributed by atoms with Gasteiger partial charge < -0.3 is 14.5 Å². The van der Waals surface area contributed by atoms with E-state index in [2.05, 4.69) is 10.1 Å². The monoisotopic (exact) mass is 366 g/mol. The summed E-state index contributed by atoms with van der Waals surface area (Å²) in [6, 6.07) is 5.81. The molecule has 0 saturated carbocycles. The van der Waals surface area contributed by atoms with Gasteiger partial charge in [0.05, 0.1) is 18.0 Å². The van der Waals surface area contributed by atoms with E-state index >= 15 is 0 Å². The van der Waals surface area contributed by atoms with Gasteiger partial charge in [-0.3, -0.25) is 9.69 Å². The molecule has 1 fully saturated rings. The minimum Gasteiger partial charge on any atom is -0.463 e. The van der Waals surface area contributed by atoms with Gasteiger partial charge in [-0.2, -0.15) is 0 Å². The number of carbonyl (C=O) groups is 3. The molecule has 0 unspecified atom stereocenters. The molecule has 1 N–H and O–H groups in total. The van der Waals surface area contributed by atoms with E-state index < -0.39 is 17.9 Å². The average Bonchev–Trinajstić information content (AvgIpc) is 3.24. The third kappa shape index (κ3) is 3.19. The lowest BCUT2D eigenvalue weighted by molar-refractivity contribution is -0.123. The maximum Gasteiger partial charge on any atom is 0.373 e. The molecule has 24 heavy (non-hydrogen) atoms. The van der Waals surface area contributed by atoms with Gasteiger partial charge >= 0.3 is 12.0 Å². The van der Waals surface area contributed by atoms with Crippen molar-refractivity contribution in [1.82, 2.24) is 10.2 Å². The number of furan rings is 1. The van der Waals surface area contributed by atoms with Crippen molar-refractivity contribution in [3.63, 3.8) is 0 Å². The Labute approximate surface area is 145 Å². The summed E-state index contributed by atoms with van der Waals surface area (Å²) < 4.78 is 10.4. The standard InChI is InChI=1S/C15H11ClN2O5S/c1-22-14(20)11-4-2-8(23-11)7-18-13(19)10(17-15(18)21)6-9-3-5-12(16)24-9/h2-6H,7H2,1H3,(H,17,21)/b10-6-. The number of hydrogen-bond donors (Lipinski definition) is 1. The smallest absolute Gasteiger partial charge is 0.373 e. The van der Waals surface area contributed by atoms with Crippen LogP contribution >= 0.6 is 22.9 Å². The Morgan fingerprint density at radius 2 is 2.17 bits per heavy atom. The lowest BCUT2D eigenvalue weighted by Gasteiger charge is -2.09. The van der Waals surface area contributed by atoms with E-state index in [0.717, 1.165) is 9.78 Å². The zero-order chi connectivity index (χ0) is 17.3. The highest BCUT2D eigenvalue weighted by molar-refractivity contribution is 7.17. The Hall–Kier alpha value is -2.58. The van der Waals surface area contributed by atoms with E-state index in [4.69, 9.17) is 16.0 Å². The van der Waals surface area contributed by atoms with Crippen LogP contribution in [0.2, 0.25) is 4.34 Å². The van der Waals surface area contributed by atoms with E-state index in [1.807, 2.05) is 0 Å². The molecule has 0 radical (unpaired) electrons. The van der Waals surface area contributed by atoms with E-state index in [0.29, 0.717) is 10.1 Å². The van der Waals surface area contributed by atoms with Gasteiger partial charge in [0.15, 0.2) is 0 Å². The van der Waals surface area contributed by atoms with Crippen LogP contribution < -0.4 is 5.32 Å². The number of rotatable bonds is 4. The molecule has 0 bridgehead atoms. The van der Waals surface area contributed by atoms with Crippen molar-refractivity contribution in [3.8, 4) is 0 Å². The second-order valence-corrected chi connectivity index (χ2v) is 6.53. The number of amides is 3. The predicted octanol–water partition coefficient (Wildman–Crippen LogP) is 2.87. The number of hydrogen-bond acceptors (Lipinski definition) is 6. The molecule has 9 heteroatoms. The Bertz CT molecular complexity index is 854. The molecule has 1 saturated heterocycles. The first kappa shape index (κ1) is 16.3. The third-order valence-electron chi connectivity index (χ3n) is 3.21. The van der Waals surface area contributed by atoms with Crippen LogP contribution in [-0.4, -0.2) is 29.9 Å². The number of urea groups is 1. The van der Waals surface area contributed by atoms with Crippen LogP contribution in [0.1, 0.15) is 21.2 Å². The van der Waals surface area contributed by atoms with Gasteiger partial charge in [0.25, 0.3) is 5.91 Å². The van der Waals surface area contributed by atoms with Crippen LogP contribution in [0.25, 0.3) is 6.08 Å². The fourth-order valence-electron chi connectivity index (χ4n) is 2.09. The molecule has 0 aromatic carbocycles. The highest BCUT2D eigenvalue weighted by Gasteiger charge is 2.34. The molecule has 0 aliphatic carbocycles. The van der Waals surface area contributed by atoms with Crippen molar-refractivity contribution in [2.45, 2.75) is 6.54 Å². The highest BCUT2D eigenvalue weighted by atomic mass is 35.5. The van der Waals surface area contributed by atoms with Crippen molar-refractivity contribution >= 4 is 46.9 Å². The van der Waals surface area contributed by atoms with Crippen LogP contribution in [-0.2, 0) is 16.1 Å². The molecular formula is C15H11ClN2O5S. The van der Waals surface area contributed by atoms with Crippen molar-refractivity contribution in [2.24, 2.45) is 0 Å². The van der Waals surface area contributed by atoms with Crippen molar-refractivity contribution in [2.75, 3.05) is 7.11 Å². The normalized spacial score (nSPS) is 15.9. The maximum atomic E-state index is 12.3. The van der Waals surface area contributed by atoms with Gasteiger partial charge in [-0.15, -0.1) is 11.3 Å². The second-order valence-electron chi connectivity index (χ2n) is 4.78. The summed E-state index contributed by atoms with van der Waals surface area (Å²) in [6.45, 7) is -0.0931. The first-order valence-corrected chi connectivity index (χ1v) is 7.94. The molecule has 2 aromatic heterocycles. The molecule has 124 valence electrons. The van der Waals surface area contributed by atoms with E-state index in [1.165, 1.54) is 30.6 Å². The van der Waals surface area contributed by atoms with Gasteiger partial charge in [-0.25, -0.2) is 9.59 Å². The summed E-state index contributed by atoms with van der Waals surface area (Å²) in [4.78, 5) is 37.4. The van der Waals surface area contributed by atoms with Crippen molar-refractivity contribution in [1.29, 1.82) is 0 Å². The third-order valence-corrected chi connectivity index (χ3v) is 4.38. The van der Waals surface area contributed by atoms with Gasteiger partial charge in [0.2, 0.25) is 5.76 Å². The van der Waals surface area contributed by atoms with Gasteiger partial charge in [-0.05, 0) is 30.3 Å². The quantitative estimate of drug-likeness (QED) is 0.510. The number of ether oxygens (including phenoxy) is 1. The van der Waals surface area contributed by atoms with E-state index in [-0.39, 0.29) is 18.0 Å². The molecule has 1 aliphatic rings. The van der Waals surface area contributed by atoms with Gasteiger partial charge in [-0.1, -0.05) is 11.6 Å². The van der Waals surface area contributed by atoms with Crippen molar-refractivity contribution in [3.05, 3.63) is 50.7 Å². The number of halogens is 1. The van der Waals surface area contributed by atoms with Crippen LogP contribution in [0.15, 0.2) is 34.4 Å². The molecular weight excluding hydrogens is 356 g/mol. The fraction of sp³-hybridized carbons (Fsp3) is 0.133. The minimum absolute atomic E-state index is 0.00328. The summed E-state index contributed by atoms with van der Waals surface area (Å²) in [6.07, 6.45) is 1.55. The first-order valence-electron chi connectivity index (χ1n) is 6.75. The Morgan fingerprint density at radius 3 is 2.83 bits per heavy atom. The average molecular weight is 367 g/mol. The van der Waals surface area contributed by atoms with E-state index in [9.17, 15) is 14.4 Å². The Kier molecular flexibility index (Phi) is 4.41. The zero-order valence-corrected chi connectivity index (χ0v) is 13.9. The Morgan fingerprint density at radius 1 is 1.38 bits per heavy atom. The molecule has 3 amide bonds. The SMILES string of the molecule is COC(=O)c1ccc(CN2C(=O)N/C(=C\c3ccc(Cl)s3)C2=O)o1. The molecule has 2 aromatic rings. The molecule has 3 rings (SSSR count). The summed E-state index contributed by atoms with van der Waals surface area (Å²) >= 11 is 7.13. The van der Waals surface area contributed by atoms with Crippen LogP contribution in [0.4, 0.5) is 4.79 Å². The van der Waals surface area contributed by atoms with Crippen molar-refractivity contribution < 1.29 is 23.5 Å². The lowest BCUT2D eigenvalue weighted by Crippen LogP contribution is -2.30. The number of methoxy groups -OCH3 is 1. The number of nitrogens with one attached hydrogen (secondary N) is 1. The number of imide groups is 1.